The van der Waals surface area contributed by atoms with E-state index >= 15 is 0 Å². The molecule has 0 spiro atoms. The average molecular weight is 306 g/mol. The predicted molar refractivity (Wildman–Crippen MR) is 83.6 cm³/mol. The number of hydrogen-bond acceptors (Lipinski definition) is 3. The lowest BCUT2D eigenvalue weighted by Gasteiger charge is -2.36. The van der Waals surface area contributed by atoms with Gasteiger partial charge in [0, 0.05) is 29.4 Å². The molecule has 1 aliphatic carbocycles. The molecule has 1 saturated heterocycles. The maximum absolute atomic E-state index is 12.8. The SMILES string of the molecule is O=C(c1ccc(Cl)cc1)C1CCCC=C1N1CCOCC1. The zero-order valence-corrected chi connectivity index (χ0v) is 12.8. The van der Waals surface area contributed by atoms with Crippen molar-refractivity contribution in [2.24, 2.45) is 5.92 Å². The van der Waals surface area contributed by atoms with Crippen LogP contribution in [0.4, 0.5) is 0 Å². The number of allylic oxidation sites excluding steroid dienone is 2. The smallest absolute Gasteiger partial charge is 0.171 e. The second kappa shape index (κ2) is 6.63. The normalized spacial score (nSPS) is 22.8. The highest BCUT2D eigenvalue weighted by atomic mass is 35.5. The number of benzene rings is 1. The molecule has 1 fully saturated rings. The molecular weight excluding hydrogens is 286 g/mol. The number of ether oxygens (including phenoxy) is 1. The van der Waals surface area contributed by atoms with Crippen molar-refractivity contribution < 1.29 is 9.53 Å². The molecule has 1 aromatic carbocycles. The van der Waals surface area contributed by atoms with Gasteiger partial charge < -0.3 is 9.64 Å². The van der Waals surface area contributed by atoms with Crippen LogP contribution in [-0.4, -0.2) is 37.0 Å². The summed E-state index contributed by atoms with van der Waals surface area (Å²) in [4.78, 5) is 15.1. The molecule has 4 heteroatoms. The van der Waals surface area contributed by atoms with Crippen LogP contribution in [0.2, 0.25) is 5.02 Å². The Morgan fingerprint density at radius 3 is 2.62 bits per heavy atom. The summed E-state index contributed by atoms with van der Waals surface area (Å²) in [6.45, 7) is 3.27. The van der Waals surface area contributed by atoms with Crippen molar-refractivity contribution in [2.75, 3.05) is 26.3 Å². The molecule has 1 aromatic rings. The lowest BCUT2D eigenvalue weighted by molar-refractivity contribution is 0.0458. The van der Waals surface area contributed by atoms with Crippen molar-refractivity contribution in [3.8, 4) is 0 Å². The van der Waals surface area contributed by atoms with Gasteiger partial charge in [0.05, 0.1) is 19.1 Å². The number of ketones is 1. The highest BCUT2D eigenvalue weighted by Crippen LogP contribution is 2.31. The van der Waals surface area contributed by atoms with Crippen LogP contribution in [0.1, 0.15) is 29.6 Å². The molecule has 112 valence electrons. The first-order valence-corrected chi connectivity index (χ1v) is 7.96. The molecule has 0 saturated carbocycles. The predicted octanol–water partition coefficient (Wildman–Crippen LogP) is 3.54. The van der Waals surface area contributed by atoms with Gasteiger partial charge in [-0.3, -0.25) is 4.79 Å². The molecular formula is C17H20ClNO2. The third-order valence-electron chi connectivity index (χ3n) is 4.23. The Labute approximate surface area is 130 Å². The van der Waals surface area contributed by atoms with E-state index in [1.54, 1.807) is 12.1 Å². The molecule has 1 unspecified atom stereocenters. The summed E-state index contributed by atoms with van der Waals surface area (Å²) in [5.74, 6) is 0.196. The quantitative estimate of drug-likeness (QED) is 0.800. The van der Waals surface area contributed by atoms with E-state index in [-0.39, 0.29) is 11.7 Å². The molecule has 2 aliphatic rings. The van der Waals surface area contributed by atoms with Crippen molar-refractivity contribution >= 4 is 17.4 Å². The Hall–Kier alpha value is -1.32. The van der Waals surface area contributed by atoms with E-state index in [2.05, 4.69) is 11.0 Å². The Morgan fingerprint density at radius 1 is 1.19 bits per heavy atom. The van der Waals surface area contributed by atoms with Gasteiger partial charge in [0.15, 0.2) is 5.78 Å². The summed E-state index contributed by atoms with van der Waals surface area (Å²) in [5.41, 5.74) is 1.95. The van der Waals surface area contributed by atoms with E-state index < -0.39 is 0 Å². The highest BCUT2D eigenvalue weighted by molar-refractivity contribution is 6.30. The van der Waals surface area contributed by atoms with Crippen molar-refractivity contribution in [1.82, 2.24) is 4.90 Å². The first-order valence-electron chi connectivity index (χ1n) is 7.58. The summed E-state index contributed by atoms with van der Waals surface area (Å²) in [6, 6.07) is 7.23. The molecule has 1 aliphatic heterocycles. The lowest BCUT2D eigenvalue weighted by Crippen LogP contribution is -2.40. The largest absolute Gasteiger partial charge is 0.378 e. The van der Waals surface area contributed by atoms with Crippen LogP contribution in [0.15, 0.2) is 36.0 Å². The molecule has 0 amide bonds. The summed E-state index contributed by atoms with van der Waals surface area (Å²) in [5, 5.41) is 0.666. The molecule has 0 aromatic heterocycles. The molecule has 3 nitrogen and oxygen atoms in total. The molecule has 0 N–H and O–H groups in total. The molecule has 1 atom stereocenters. The van der Waals surface area contributed by atoms with Gasteiger partial charge in [-0.1, -0.05) is 17.7 Å². The fraction of sp³-hybridized carbons (Fsp3) is 0.471. The number of halogens is 1. The van der Waals surface area contributed by atoms with Gasteiger partial charge in [-0.05, 0) is 43.5 Å². The van der Waals surface area contributed by atoms with Crippen LogP contribution < -0.4 is 0 Å². The van der Waals surface area contributed by atoms with E-state index in [1.165, 1.54) is 5.70 Å². The number of Topliss-reactive ketones (excluding diaryl/α,β-unsaturated/α-hetero) is 1. The second-order valence-corrected chi connectivity index (χ2v) is 6.02. The minimum absolute atomic E-state index is 0.0157. The number of hydrogen-bond donors (Lipinski definition) is 0. The first-order chi connectivity index (χ1) is 10.3. The molecule has 0 bridgehead atoms. The van der Waals surface area contributed by atoms with Gasteiger partial charge in [-0.25, -0.2) is 0 Å². The fourth-order valence-corrected chi connectivity index (χ4v) is 3.24. The summed E-state index contributed by atoms with van der Waals surface area (Å²) in [7, 11) is 0. The van der Waals surface area contributed by atoms with E-state index in [0.717, 1.165) is 51.1 Å². The van der Waals surface area contributed by atoms with Gasteiger partial charge in [0.25, 0.3) is 0 Å². The van der Waals surface area contributed by atoms with Gasteiger partial charge in [0.1, 0.15) is 0 Å². The standard InChI is InChI=1S/C17H20ClNO2/c18-14-7-5-13(6-8-14)17(20)15-3-1-2-4-16(15)19-9-11-21-12-10-19/h4-8,15H,1-3,9-12H2. The van der Waals surface area contributed by atoms with Crippen molar-refractivity contribution in [2.45, 2.75) is 19.3 Å². The molecule has 0 radical (unpaired) electrons. The van der Waals surface area contributed by atoms with E-state index in [0.29, 0.717) is 5.02 Å². The van der Waals surface area contributed by atoms with E-state index in [4.69, 9.17) is 16.3 Å². The van der Waals surface area contributed by atoms with Crippen LogP contribution >= 0.6 is 11.6 Å². The maximum Gasteiger partial charge on any atom is 0.171 e. The minimum atomic E-state index is -0.0157. The monoisotopic (exact) mass is 305 g/mol. The number of carbonyl (C=O) groups excluding carboxylic acids is 1. The van der Waals surface area contributed by atoms with E-state index in [9.17, 15) is 4.79 Å². The van der Waals surface area contributed by atoms with Gasteiger partial charge >= 0.3 is 0 Å². The zero-order valence-electron chi connectivity index (χ0n) is 12.1. The molecule has 3 rings (SSSR count). The van der Waals surface area contributed by atoms with Crippen LogP contribution in [0, 0.1) is 5.92 Å². The summed E-state index contributed by atoms with van der Waals surface area (Å²) in [6.07, 6.45) is 5.33. The average Bonchev–Trinajstić information content (AvgIpc) is 2.56. The number of carbonyl (C=O) groups is 1. The number of rotatable bonds is 3. The zero-order chi connectivity index (χ0) is 14.7. The Morgan fingerprint density at radius 2 is 1.90 bits per heavy atom. The van der Waals surface area contributed by atoms with Gasteiger partial charge in [-0.15, -0.1) is 0 Å². The Balaban J connectivity index is 1.81. The lowest BCUT2D eigenvalue weighted by atomic mass is 9.85. The second-order valence-electron chi connectivity index (χ2n) is 5.58. The number of nitrogens with zero attached hydrogens (tertiary/aromatic N) is 1. The Kier molecular flexibility index (Phi) is 4.61. The fourth-order valence-electron chi connectivity index (χ4n) is 3.11. The van der Waals surface area contributed by atoms with Gasteiger partial charge in [-0.2, -0.15) is 0 Å². The van der Waals surface area contributed by atoms with Crippen LogP contribution in [0.25, 0.3) is 0 Å². The topological polar surface area (TPSA) is 29.5 Å². The van der Waals surface area contributed by atoms with E-state index in [1.807, 2.05) is 12.1 Å². The molecule has 1 heterocycles. The third-order valence-corrected chi connectivity index (χ3v) is 4.48. The van der Waals surface area contributed by atoms with Crippen molar-refractivity contribution in [3.63, 3.8) is 0 Å². The van der Waals surface area contributed by atoms with Crippen LogP contribution in [-0.2, 0) is 4.74 Å². The van der Waals surface area contributed by atoms with Crippen molar-refractivity contribution in [3.05, 3.63) is 46.6 Å². The summed E-state index contributed by atoms with van der Waals surface area (Å²) < 4.78 is 5.42. The molecule has 21 heavy (non-hydrogen) atoms. The third kappa shape index (κ3) is 3.30. The minimum Gasteiger partial charge on any atom is -0.378 e. The van der Waals surface area contributed by atoms with Crippen molar-refractivity contribution in [1.29, 1.82) is 0 Å². The number of morpholine rings is 1. The first kappa shape index (κ1) is 14.6. The van der Waals surface area contributed by atoms with Crippen LogP contribution in [0.3, 0.4) is 0 Å². The Bertz CT molecular complexity index is 532. The highest BCUT2D eigenvalue weighted by Gasteiger charge is 2.30. The maximum atomic E-state index is 12.8. The van der Waals surface area contributed by atoms with Crippen LogP contribution in [0.5, 0.6) is 0 Å². The summed E-state index contributed by atoms with van der Waals surface area (Å²) >= 11 is 5.91. The van der Waals surface area contributed by atoms with Gasteiger partial charge in [0.2, 0.25) is 0 Å².